The van der Waals surface area contributed by atoms with E-state index in [2.05, 4.69) is 22.9 Å². The van der Waals surface area contributed by atoms with Crippen molar-refractivity contribution in [3.8, 4) is 0 Å². The highest BCUT2D eigenvalue weighted by Crippen LogP contribution is 2.33. The molecule has 1 fully saturated rings. The molecule has 1 heterocycles. The van der Waals surface area contributed by atoms with E-state index in [-0.39, 0.29) is 0 Å². The molecule has 1 atom stereocenters. The van der Waals surface area contributed by atoms with Crippen LogP contribution in [0.15, 0.2) is 15.4 Å². The zero-order chi connectivity index (χ0) is 15.1. The van der Waals surface area contributed by atoms with Crippen LogP contribution in [0.5, 0.6) is 0 Å². The van der Waals surface area contributed by atoms with E-state index in [1.165, 1.54) is 0 Å². The summed E-state index contributed by atoms with van der Waals surface area (Å²) < 4.78 is 28.4. The molecular formula is C15H22BrNO2S. The summed E-state index contributed by atoms with van der Waals surface area (Å²) in [7, 11) is -3.39. The lowest BCUT2D eigenvalue weighted by Crippen LogP contribution is -2.39. The molecule has 0 spiro atoms. The Morgan fingerprint density at radius 1 is 1.25 bits per heavy atom. The zero-order valence-electron chi connectivity index (χ0n) is 12.5. The van der Waals surface area contributed by atoms with Crippen molar-refractivity contribution in [2.24, 2.45) is 5.92 Å². The molecule has 0 radical (unpaired) electrons. The lowest BCUT2D eigenvalue weighted by molar-refractivity contribution is 0.281. The highest BCUT2D eigenvalue weighted by Gasteiger charge is 2.31. The summed E-state index contributed by atoms with van der Waals surface area (Å²) in [5.74, 6) is 0.438. The Morgan fingerprint density at radius 3 is 2.50 bits per heavy atom. The van der Waals surface area contributed by atoms with Crippen molar-refractivity contribution in [1.82, 2.24) is 4.31 Å². The van der Waals surface area contributed by atoms with Crippen molar-refractivity contribution in [2.75, 3.05) is 13.1 Å². The first-order chi connectivity index (χ1) is 9.25. The summed E-state index contributed by atoms with van der Waals surface area (Å²) in [5, 5.41) is 0. The maximum atomic E-state index is 12.9. The van der Waals surface area contributed by atoms with Crippen molar-refractivity contribution in [3.05, 3.63) is 27.2 Å². The third-order valence-corrected chi connectivity index (χ3v) is 7.40. The van der Waals surface area contributed by atoms with Crippen LogP contribution in [-0.2, 0) is 10.0 Å². The molecule has 20 heavy (non-hydrogen) atoms. The van der Waals surface area contributed by atoms with Crippen LogP contribution in [0.2, 0.25) is 0 Å². The maximum Gasteiger partial charge on any atom is 0.243 e. The number of halogens is 1. The SMILES string of the molecule is Cc1cc(C)c(S(=O)(=O)N2CCC[C@H](C)C2)c(C)c1Br. The van der Waals surface area contributed by atoms with Gasteiger partial charge < -0.3 is 0 Å². The van der Waals surface area contributed by atoms with Crippen LogP contribution >= 0.6 is 15.9 Å². The topological polar surface area (TPSA) is 37.4 Å². The largest absolute Gasteiger partial charge is 0.243 e. The van der Waals surface area contributed by atoms with Gasteiger partial charge in [0.15, 0.2) is 0 Å². The van der Waals surface area contributed by atoms with Crippen molar-refractivity contribution in [2.45, 2.75) is 45.4 Å². The minimum absolute atomic E-state index is 0.438. The Hall–Kier alpha value is -0.390. The predicted octanol–water partition coefficient (Wildman–Crippen LogP) is 3.79. The average molecular weight is 360 g/mol. The molecule has 0 aromatic heterocycles. The summed E-state index contributed by atoms with van der Waals surface area (Å²) in [4.78, 5) is 0.476. The highest BCUT2D eigenvalue weighted by molar-refractivity contribution is 9.10. The molecule has 1 aromatic rings. The highest BCUT2D eigenvalue weighted by atomic mass is 79.9. The number of hydrogen-bond donors (Lipinski definition) is 0. The van der Waals surface area contributed by atoms with Crippen LogP contribution in [0.4, 0.5) is 0 Å². The Kier molecular flexibility index (Phi) is 4.62. The maximum absolute atomic E-state index is 12.9. The lowest BCUT2D eigenvalue weighted by atomic mass is 10.0. The molecular weight excluding hydrogens is 338 g/mol. The molecule has 0 saturated carbocycles. The first-order valence-corrected chi connectivity index (χ1v) is 9.25. The fourth-order valence-corrected chi connectivity index (χ4v) is 5.51. The van der Waals surface area contributed by atoms with Gasteiger partial charge in [-0.2, -0.15) is 4.31 Å². The predicted molar refractivity (Wildman–Crippen MR) is 85.5 cm³/mol. The molecule has 0 bridgehead atoms. The van der Waals surface area contributed by atoms with E-state index in [1.54, 1.807) is 4.31 Å². The van der Waals surface area contributed by atoms with Crippen molar-refractivity contribution < 1.29 is 8.42 Å². The van der Waals surface area contributed by atoms with Gasteiger partial charge in [0.05, 0.1) is 4.90 Å². The van der Waals surface area contributed by atoms with Gasteiger partial charge in [0, 0.05) is 17.6 Å². The van der Waals surface area contributed by atoms with Crippen LogP contribution in [0, 0.1) is 26.7 Å². The van der Waals surface area contributed by atoms with Crippen molar-refractivity contribution in [1.29, 1.82) is 0 Å². The third kappa shape index (κ3) is 2.81. The average Bonchev–Trinajstić information content (AvgIpc) is 2.36. The Morgan fingerprint density at radius 2 is 1.90 bits per heavy atom. The molecule has 1 aliphatic rings. The molecule has 112 valence electrons. The fraction of sp³-hybridized carbons (Fsp3) is 0.600. The van der Waals surface area contributed by atoms with Gasteiger partial charge in [-0.3, -0.25) is 0 Å². The van der Waals surface area contributed by atoms with Crippen LogP contribution in [0.1, 0.15) is 36.5 Å². The second-order valence-electron chi connectivity index (χ2n) is 5.89. The summed E-state index contributed by atoms with van der Waals surface area (Å²) in [6, 6.07) is 1.94. The standard InChI is InChI=1S/C15H22BrNO2S/c1-10-6-5-7-17(9-10)20(18,19)15-12(3)8-11(2)14(16)13(15)4/h8,10H,5-7,9H2,1-4H3/t10-/m0/s1. The Labute approximate surface area is 130 Å². The molecule has 0 aliphatic carbocycles. The van der Waals surface area contributed by atoms with Crippen LogP contribution in [0.25, 0.3) is 0 Å². The van der Waals surface area contributed by atoms with Gasteiger partial charge in [-0.05, 0) is 56.2 Å². The number of benzene rings is 1. The van der Waals surface area contributed by atoms with E-state index in [0.717, 1.165) is 34.0 Å². The third-order valence-electron chi connectivity index (χ3n) is 4.02. The lowest BCUT2D eigenvalue weighted by Gasteiger charge is -2.31. The number of rotatable bonds is 2. The molecule has 0 N–H and O–H groups in total. The smallest absolute Gasteiger partial charge is 0.207 e. The van der Waals surface area contributed by atoms with Crippen LogP contribution < -0.4 is 0 Å². The van der Waals surface area contributed by atoms with E-state index in [9.17, 15) is 8.42 Å². The molecule has 0 unspecified atom stereocenters. The first kappa shape index (κ1) is 16.0. The Balaban J connectivity index is 2.52. The van der Waals surface area contributed by atoms with E-state index < -0.39 is 10.0 Å². The minimum atomic E-state index is -3.39. The second-order valence-corrected chi connectivity index (χ2v) is 8.56. The van der Waals surface area contributed by atoms with Gasteiger partial charge in [0.25, 0.3) is 0 Å². The molecule has 2 rings (SSSR count). The van der Waals surface area contributed by atoms with Crippen molar-refractivity contribution in [3.63, 3.8) is 0 Å². The van der Waals surface area contributed by atoms with E-state index >= 15 is 0 Å². The molecule has 1 saturated heterocycles. The summed E-state index contributed by atoms with van der Waals surface area (Å²) in [6.07, 6.45) is 2.06. The van der Waals surface area contributed by atoms with Gasteiger partial charge in [-0.15, -0.1) is 0 Å². The number of aryl methyl sites for hydroxylation is 2. The van der Waals surface area contributed by atoms with E-state index in [1.807, 2.05) is 26.8 Å². The number of nitrogens with zero attached hydrogens (tertiary/aromatic N) is 1. The monoisotopic (exact) mass is 359 g/mol. The quantitative estimate of drug-likeness (QED) is 0.805. The summed E-state index contributed by atoms with van der Waals surface area (Å²) >= 11 is 3.51. The Bertz CT molecular complexity index is 625. The van der Waals surface area contributed by atoms with Crippen molar-refractivity contribution >= 4 is 26.0 Å². The molecule has 0 amide bonds. The van der Waals surface area contributed by atoms with Gasteiger partial charge >= 0.3 is 0 Å². The number of piperidine rings is 1. The molecule has 1 aromatic carbocycles. The number of sulfonamides is 1. The zero-order valence-corrected chi connectivity index (χ0v) is 14.9. The first-order valence-electron chi connectivity index (χ1n) is 7.01. The fourth-order valence-electron chi connectivity index (χ4n) is 3.04. The van der Waals surface area contributed by atoms with Crippen LogP contribution in [-0.4, -0.2) is 25.8 Å². The molecule has 5 heteroatoms. The van der Waals surface area contributed by atoms with Gasteiger partial charge in [0.2, 0.25) is 10.0 Å². The van der Waals surface area contributed by atoms with Gasteiger partial charge in [0.1, 0.15) is 0 Å². The van der Waals surface area contributed by atoms with Crippen LogP contribution in [0.3, 0.4) is 0 Å². The molecule has 3 nitrogen and oxygen atoms in total. The molecule has 1 aliphatic heterocycles. The summed E-state index contributed by atoms with van der Waals surface area (Å²) in [5.41, 5.74) is 2.73. The summed E-state index contributed by atoms with van der Waals surface area (Å²) in [6.45, 7) is 9.14. The second kappa shape index (κ2) is 5.78. The van der Waals surface area contributed by atoms with E-state index in [4.69, 9.17) is 0 Å². The minimum Gasteiger partial charge on any atom is -0.207 e. The van der Waals surface area contributed by atoms with E-state index in [0.29, 0.717) is 23.9 Å². The van der Waals surface area contributed by atoms with Gasteiger partial charge in [-0.1, -0.05) is 28.9 Å². The number of hydrogen-bond acceptors (Lipinski definition) is 2. The van der Waals surface area contributed by atoms with Gasteiger partial charge in [-0.25, -0.2) is 8.42 Å². The normalized spacial score (nSPS) is 21.1.